The number of amidine groups is 1. The van der Waals surface area contributed by atoms with Gasteiger partial charge in [0.2, 0.25) is 0 Å². The average molecular weight is 246 g/mol. The summed E-state index contributed by atoms with van der Waals surface area (Å²) < 4.78 is 6.92. The molecule has 1 saturated heterocycles. The number of nitrogens with one attached hydrogen (secondary N) is 1. The van der Waals surface area contributed by atoms with Gasteiger partial charge in [-0.3, -0.25) is 5.41 Å². The molecule has 1 aromatic heterocycles. The molecule has 1 aliphatic heterocycles. The molecular weight excluding hydrogens is 232 g/mol. The van der Waals surface area contributed by atoms with E-state index in [9.17, 15) is 0 Å². The third kappa shape index (κ3) is 1.83. The summed E-state index contributed by atoms with van der Waals surface area (Å²) in [6, 6.07) is 8.26. The number of hydrogen-bond acceptors (Lipinski definition) is 3. The van der Waals surface area contributed by atoms with Gasteiger partial charge in [0.05, 0.1) is 11.0 Å². The van der Waals surface area contributed by atoms with Crippen molar-refractivity contribution in [3.05, 3.63) is 34.7 Å². The number of fused-ring (bicyclic) bond motifs is 1. The van der Waals surface area contributed by atoms with Crippen LogP contribution in [0, 0.1) is 5.41 Å². The van der Waals surface area contributed by atoms with E-state index in [-0.39, 0.29) is 11.9 Å². The first-order chi connectivity index (χ1) is 8.25. The third-order valence-corrected chi connectivity index (χ3v) is 4.27. The Labute approximate surface area is 104 Å². The predicted octanol–water partition coefficient (Wildman–Crippen LogP) is 3.04. The Morgan fingerprint density at radius 2 is 2.35 bits per heavy atom. The smallest absolute Gasteiger partial charge is 0.133 e. The van der Waals surface area contributed by atoms with E-state index in [0.717, 1.165) is 24.3 Å². The molecule has 0 saturated carbocycles. The number of nitrogen functional groups attached to an aromatic ring is 1. The standard InChI is InChI=1S/C13H14N2OS/c14-13(15)12-7-9-8(10-4-2-6-16-10)3-1-5-11(9)17-12/h1,3,5,7,10H,2,4,6H2,(H3,14,15)/t10-/m1/s1. The van der Waals surface area contributed by atoms with Crippen molar-refractivity contribution in [2.75, 3.05) is 6.61 Å². The molecule has 0 spiro atoms. The summed E-state index contributed by atoms with van der Waals surface area (Å²) in [7, 11) is 0. The van der Waals surface area contributed by atoms with Crippen LogP contribution in [-0.4, -0.2) is 12.4 Å². The molecule has 4 heteroatoms. The molecule has 1 aliphatic rings. The second-order valence-corrected chi connectivity index (χ2v) is 5.37. The molecule has 0 amide bonds. The van der Waals surface area contributed by atoms with E-state index >= 15 is 0 Å². The molecule has 0 radical (unpaired) electrons. The van der Waals surface area contributed by atoms with Gasteiger partial charge < -0.3 is 10.5 Å². The van der Waals surface area contributed by atoms with Crippen LogP contribution in [0.4, 0.5) is 0 Å². The molecule has 1 aromatic carbocycles. The first-order valence-corrected chi connectivity index (χ1v) is 6.56. The molecule has 1 fully saturated rings. The maximum Gasteiger partial charge on any atom is 0.133 e. The predicted molar refractivity (Wildman–Crippen MR) is 70.8 cm³/mol. The summed E-state index contributed by atoms with van der Waals surface area (Å²) in [6.45, 7) is 0.852. The molecule has 88 valence electrons. The highest BCUT2D eigenvalue weighted by molar-refractivity contribution is 7.20. The zero-order valence-electron chi connectivity index (χ0n) is 9.40. The SMILES string of the molecule is N=C(N)c1cc2c([C@H]3CCCO3)cccc2s1. The van der Waals surface area contributed by atoms with Crippen molar-refractivity contribution in [1.29, 1.82) is 5.41 Å². The fourth-order valence-corrected chi connectivity index (χ4v) is 3.28. The molecule has 0 aliphatic carbocycles. The number of rotatable bonds is 2. The molecule has 3 rings (SSSR count). The van der Waals surface area contributed by atoms with Gasteiger partial charge in [-0.1, -0.05) is 12.1 Å². The highest BCUT2D eigenvalue weighted by atomic mass is 32.1. The number of hydrogen-bond donors (Lipinski definition) is 2. The maximum absolute atomic E-state index is 7.50. The molecule has 3 N–H and O–H groups in total. The van der Waals surface area contributed by atoms with Gasteiger partial charge in [-0.25, -0.2) is 0 Å². The second kappa shape index (κ2) is 4.13. The fourth-order valence-electron chi connectivity index (χ4n) is 2.32. The molecule has 3 nitrogen and oxygen atoms in total. The average Bonchev–Trinajstić information content (AvgIpc) is 2.97. The van der Waals surface area contributed by atoms with Gasteiger partial charge in [-0.15, -0.1) is 11.3 Å². The minimum Gasteiger partial charge on any atom is -0.383 e. The maximum atomic E-state index is 7.50. The molecule has 1 atom stereocenters. The quantitative estimate of drug-likeness (QED) is 0.632. The van der Waals surface area contributed by atoms with Gasteiger partial charge in [0.1, 0.15) is 5.84 Å². The van der Waals surface area contributed by atoms with Gasteiger partial charge in [0, 0.05) is 11.3 Å². The van der Waals surface area contributed by atoms with Crippen LogP contribution in [0.25, 0.3) is 10.1 Å². The lowest BCUT2D eigenvalue weighted by molar-refractivity contribution is 0.113. The van der Waals surface area contributed by atoms with E-state index in [0.29, 0.717) is 0 Å². The molecule has 17 heavy (non-hydrogen) atoms. The van der Waals surface area contributed by atoms with Crippen molar-refractivity contribution in [2.45, 2.75) is 18.9 Å². The zero-order valence-corrected chi connectivity index (χ0v) is 10.2. The monoisotopic (exact) mass is 246 g/mol. The Balaban J connectivity index is 2.14. The van der Waals surface area contributed by atoms with Crippen molar-refractivity contribution in [3.63, 3.8) is 0 Å². The Morgan fingerprint density at radius 3 is 3.06 bits per heavy atom. The van der Waals surface area contributed by atoms with Crippen molar-refractivity contribution in [3.8, 4) is 0 Å². The lowest BCUT2D eigenvalue weighted by Gasteiger charge is -2.10. The molecule has 0 unspecified atom stereocenters. The second-order valence-electron chi connectivity index (χ2n) is 4.29. The zero-order chi connectivity index (χ0) is 11.8. The van der Waals surface area contributed by atoms with Crippen LogP contribution in [0.2, 0.25) is 0 Å². The fraction of sp³-hybridized carbons (Fsp3) is 0.308. The highest BCUT2D eigenvalue weighted by Gasteiger charge is 2.20. The van der Waals surface area contributed by atoms with E-state index in [2.05, 4.69) is 18.2 Å². The summed E-state index contributed by atoms with van der Waals surface area (Å²) in [4.78, 5) is 0.838. The van der Waals surface area contributed by atoms with Crippen LogP contribution in [0.3, 0.4) is 0 Å². The topological polar surface area (TPSA) is 59.1 Å². The van der Waals surface area contributed by atoms with Gasteiger partial charge in [-0.2, -0.15) is 0 Å². The molecular formula is C13H14N2OS. The van der Waals surface area contributed by atoms with Crippen LogP contribution < -0.4 is 5.73 Å². The van der Waals surface area contributed by atoms with E-state index < -0.39 is 0 Å². The largest absolute Gasteiger partial charge is 0.383 e. The van der Waals surface area contributed by atoms with Crippen LogP contribution in [-0.2, 0) is 4.74 Å². The minimum atomic E-state index is 0.143. The van der Waals surface area contributed by atoms with Crippen molar-refractivity contribution < 1.29 is 4.74 Å². The molecule has 0 bridgehead atoms. The van der Waals surface area contributed by atoms with Gasteiger partial charge in [-0.05, 0) is 35.9 Å². The summed E-state index contributed by atoms with van der Waals surface area (Å²) in [6.07, 6.45) is 2.43. The number of nitrogens with two attached hydrogens (primary N) is 1. The first kappa shape index (κ1) is 10.7. The summed E-state index contributed by atoms with van der Waals surface area (Å²) in [5, 5.41) is 8.69. The lowest BCUT2D eigenvalue weighted by Crippen LogP contribution is -2.08. The van der Waals surface area contributed by atoms with E-state index in [4.69, 9.17) is 15.9 Å². The Hall–Kier alpha value is -1.39. The van der Waals surface area contributed by atoms with E-state index in [1.165, 1.54) is 15.6 Å². The first-order valence-electron chi connectivity index (χ1n) is 5.74. The minimum absolute atomic E-state index is 0.143. The Bertz CT molecular complexity index is 570. The molecule has 2 aromatic rings. The van der Waals surface area contributed by atoms with Gasteiger partial charge in [0.15, 0.2) is 0 Å². The van der Waals surface area contributed by atoms with Crippen LogP contribution in [0.1, 0.15) is 29.4 Å². The summed E-state index contributed by atoms with van der Waals surface area (Å²) in [5.74, 6) is 0.143. The van der Waals surface area contributed by atoms with Crippen LogP contribution >= 0.6 is 11.3 Å². The Kier molecular flexibility index (Phi) is 2.61. The summed E-state index contributed by atoms with van der Waals surface area (Å²) in [5.41, 5.74) is 6.78. The van der Waals surface area contributed by atoms with E-state index in [1.54, 1.807) is 11.3 Å². The number of ether oxygens (including phenoxy) is 1. The van der Waals surface area contributed by atoms with Crippen molar-refractivity contribution >= 4 is 27.3 Å². The highest BCUT2D eigenvalue weighted by Crippen LogP contribution is 2.36. The summed E-state index contributed by atoms with van der Waals surface area (Å²) >= 11 is 1.57. The van der Waals surface area contributed by atoms with Gasteiger partial charge >= 0.3 is 0 Å². The van der Waals surface area contributed by atoms with Crippen LogP contribution in [0.15, 0.2) is 24.3 Å². The van der Waals surface area contributed by atoms with Gasteiger partial charge in [0.25, 0.3) is 0 Å². The van der Waals surface area contributed by atoms with Crippen molar-refractivity contribution in [1.82, 2.24) is 0 Å². The lowest BCUT2D eigenvalue weighted by atomic mass is 10.0. The van der Waals surface area contributed by atoms with Crippen molar-refractivity contribution in [2.24, 2.45) is 5.73 Å². The normalized spacial score (nSPS) is 19.9. The molecule has 2 heterocycles. The van der Waals surface area contributed by atoms with E-state index in [1.807, 2.05) is 6.07 Å². The number of benzene rings is 1. The number of thiophene rings is 1. The Morgan fingerprint density at radius 1 is 1.47 bits per heavy atom. The van der Waals surface area contributed by atoms with Crippen LogP contribution in [0.5, 0.6) is 0 Å². The third-order valence-electron chi connectivity index (χ3n) is 3.14.